The molecule has 6 heteroatoms. The molecule has 21 heavy (non-hydrogen) atoms. The zero-order valence-electron chi connectivity index (χ0n) is 11.9. The number of fused-ring (bicyclic) bond motifs is 1. The molecular weight excluding hydrogens is 292 g/mol. The maximum absolute atomic E-state index is 12.0. The Bertz CT molecular complexity index is 490. The molecule has 1 atom stereocenters. The Morgan fingerprint density at radius 1 is 1.33 bits per heavy atom. The van der Waals surface area contributed by atoms with E-state index in [1.165, 1.54) is 12.8 Å². The monoisotopic (exact) mass is 312 g/mol. The van der Waals surface area contributed by atoms with Gasteiger partial charge < -0.3 is 20.1 Å². The number of nitrogens with one attached hydrogen (secondary N) is 2. The number of rotatable bonds is 4. The van der Waals surface area contributed by atoms with Gasteiger partial charge in [0.05, 0.1) is 6.42 Å². The lowest BCUT2D eigenvalue weighted by Crippen LogP contribution is -2.38. The summed E-state index contributed by atoms with van der Waals surface area (Å²) in [7, 11) is 0. The van der Waals surface area contributed by atoms with Gasteiger partial charge in [0.1, 0.15) is 0 Å². The zero-order chi connectivity index (χ0) is 13.8. The first-order valence-electron chi connectivity index (χ1n) is 7.17. The summed E-state index contributed by atoms with van der Waals surface area (Å²) in [6.45, 7) is 3.13. The molecule has 0 aliphatic carbocycles. The van der Waals surface area contributed by atoms with Crippen molar-refractivity contribution < 1.29 is 14.3 Å². The van der Waals surface area contributed by atoms with Gasteiger partial charge >= 0.3 is 0 Å². The van der Waals surface area contributed by atoms with Crippen molar-refractivity contribution in [3.05, 3.63) is 23.8 Å². The van der Waals surface area contributed by atoms with E-state index in [4.69, 9.17) is 9.47 Å². The van der Waals surface area contributed by atoms with Crippen molar-refractivity contribution >= 4 is 18.3 Å². The molecule has 0 bridgehead atoms. The SMILES string of the molecule is Cl.O=C(Cc1ccc2c(c1)OCO2)NCC1CCCNC1. The number of benzene rings is 1. The molecule has 2 aliphatic rings. The average Bonchev–Trinajstić information content (AvgIpc) is 2.94. The van der Waals surface area contributed by atoms with E-state index in [0.717, 1.165) is 36.7 Å². The van der Waals surface area contributed by atoms with Crippen LogP contribution in [-0.2, 0) is 11.2 Å². The third-order valence-electron chi connectivity index (χ3n) is 3.79. The van der Waals surface area contributed by atoms with E-state index in [2.05, 4.69) is 10.6 Å². The molecule has 2 heterocycles. The Labute approximate surface area is 130 Å². The maximum atomic E-state index is 12.0. The van der Waals surface area contributed by atoms with Crippen LogP contribution < -0.4 is 20.1 Å². The third kappa shape index (κ3) is 4.25. The number of amides is 1. The summed E-state index contributed by atoms with van der Waals surface area (Å²) < 4.78 is 10.6. The van der Waals surface area contributed by atoms with Crippen LogP contribution in [0.4, 0.5) is 0 Å². The van der Waals surface area contributed by atoms with Gasteiger partial charge in [0, 0.05) is 6.54 Å². The molecule has 1 unspecified atom stereocenters. The minimum Gasteiger partial charge on any atom is -0.454 e. The summed E-state index contributed by atoms with van der Waals surface area (Å²) in [5.74, 6) is 2.10. The molecule has 1 aromatic rings. The minimum atomic E-state index is 0. The zero-order valence-corrected chi connectivity index (χ0v) is 12.7. The molecule has 1 saturated heterocycles. The molecule has 1 aromatic carbocycles. The number of hydrogen-bond acceptors (Lipinski definition) is 4. The molecule has 0 spiro atoms. The van der Waals surface area contributed by atoms with Crippen LogP contribution >= 0.6 is 12.4 Å². The van der Waals surface area contributed by atoms with Crippen LogP contribution in [0.3, 0.4) is 0 Å². The number of hydrogen-bond donors (Lipinski definition) is 2. The molecule has 5 nitrogen and oxygen atoms in total. The van der Waals surface area contributed by atoms with Crippen molar-refractivity contribution in [2.24, 2.45) is 5.92 Å². The van der Waals surface area contributed by atoms with Gasteiger partial charge in [-0.2, -0.15) is 0 Å². The Kier molecular flexibility index (Phi) is 5.70. The lowest BCUT2D eigenvalue weighted by molar-refractivity contribution is -0.120. The van der Waals surface area contributed by atoms with Crippen LogP contribution in [0, 0.1) is 5.92 Å². The fourth-order valence-electron chi connectivity index (χ4n) is 2.66. The topological polar surface area (TPSA) is 59.6 Å². The fourth-order valence-corrected chi connectivity index (χ4v) is 2.66. The molecular formula is C15H21ClN2O3. The number of piperidine rings is 1. The Hall–Kier alpha value is -1.46. The normalized spacial score (nSPS) is 19.7. The third-order valence-corrected chi connectivity index (χ3v) is 3.79. The van der Waals surface area contributed by atoms with Gasteiger partial charge in [-0.15, -0.1) is 12.4 Å². The number of carbonyl (C=O) groups is 1. The summed E-state index contributed by atoms with van der Waals surface area (Å²) in [6, 6.07) is 5.65. The van der Waals surface area contributed by atoms with Gasteiger partial charge in [-0.1, -0.05) is 6.07 Å². The second-order valence-corrected chi connectivity index (χ2v) is 5.38. The van der Waals surface area contributed by atoms with Crippen LogP contribution in [-0.4, -0.2) is 32.3 Å². The minimum absolute atomic E-state index is 0. The van der Waals surface area contributed by atoms with Crippen molar-refractivity contribution in [1.29, 1.82) is 0 Å². The van der Waals surface area contributed by atoms with Crippen LogP contribution in [0.15, 0.2) is 18.2 Å². The number of carbonyl (C=O) groups excluding carboxylic acids is 1. The molecule has 2 aliphatic heterocycles. The maximum Gasteiger partial charge on any atom is 0.231 e. The van der Waals surface area contributed by atoms with Crippen LogP contribution in [0.2, 0.25) is 0 Å². The second-order valence-electron chi connectivity index (χ2n) is 5.38. The van der Waals surface area contributed by atoms with Crippen LogP contribution in [0.25, 0.3) is 0 Å². The molecule has 1 amide bonds. The van der Waals surface area contributed by atoms with Crippen LogP contribution in [0.1, 0.15) is 18.4 Å². The fraction of sp³-hybridized carbons (Fsp3) is 0.533. The summed E-state index contributed by atoms with van der Waals surface area (Å²) in [6.07, 6.45) is 2.77. The van der Waals surface area contributed by atoms with Gasteiger partial charge in [0.15, 0.2) is 11.5 Å². The van der Waals surface area contributed by atoms with E-state index < -0.39 is 0 Å². The molecule has 0 aromatic heterocycles. The van der Waals surface area contributed by atoms with E-state index in [0.29, 0.717) is 12.3 Å². The first-order valence-corrected chi connectivity index (χ1v) is 7.17. The summed E-state index contributed by atoms with van der Waals surface area (Å²) >= 11 is 0. The highest BCUT2D eigenvalue weighted by molar-refractivity contribution is 5.85. The molecule has 3 rings (SSSR count). The lowest BCUT2D eigenvalue weighted by atomic mass is 9.99. The standard InChI is InChI=1S/C15H20N2O3.ClH/c18-15(17-9-12-2-1-5-16-8-12)7-11-3-4-13-14(6-11)20-10-19-13;/h3-4,6,12,16H,1-2,5,7-10H2,(H,17,18);1H. The van der Waals surface area contributed by atoms with Gasteiger partial charge in [0.2, 0.25) is 12.7 Å². The molecule has 1 fully saturated rings. The molecule has 2 N–H and O–H groups in total. The van der Waals surface area contributed by atoms with Gasteiger partial charge in [-0.05, 0) is 49.5 Å². The first-order chi connectivity index (χ1) is 9.81. The van der Waals surface area contributed by atoms with Crippen molar-refractivity contribution in [3.63, 3.8) is 0 Å². The van der Waals surface area contributed by atoms with E-state index in [-0.39, 0.29) is 25.1 Å². The molecule has 0 radical (unpaired) electrons. The van der Waals surface area contributed by atoms with Crippen molar-refractivity contribution in [2.45, 2.75) is 19.3 Å². The number of halogens is 1. The highest BCUT2D eigenvalue weighted by atomic mass is 35.5. The highest BCUT2D eigenvalue weighted by Crippen LogP contribution is 2.32. The van der Waals surface area contributed by atoms with Crippen LogP contribution in [0.5, 0.6) is 11.5 Å². The van der Waals surface area contributed by atoms with Gasteiger partial charge in [0.25, 0.3) is 0 Å². The van der Waals surface area contributed by atoms with Crippen molar-refractivity contribution in [1.82, 2.24) is 10.6 Å². The summed E-state index contributed by atoms with van der Waals surface area (Å²) in [5.41, 5.74) is 0.952. The number of ether oxygens (including phenoxy) is 2. The first kappa shape index (κ1) is 15.9. The molecule has 0 saturated carbocycles. The predicted molar refractivity (Wildman–Crippen MR) is 82.1 cm³/mol. The highest BCUT2D eigenvalue weighted by Gasteiger charge is 2.16. The Morgan fingerprint density at radius 2 is 2.19 bits per heavy atom. The smallest absolute Gasteiger partial charge is 0.231 e. The lowest BCUT2D eigenvalue weighted by Gasteiger charge is -2.22. The predicted octanol–water partition coefficient (Wildman–Crippen LogP) is 1.50. The van der Waals surface area contributed by atoms with E-state index in [9.17, 15) is 4.79 Å². The van der Waals surface area contributed by atoms with E-state index >= 15 is 0 Å². The van der Waals surface area contributed by atoms with E-state index in [1.54, 1.807) is 0 Å². The Balaban J connectivity index is 0.00000161. The Morgan fingerprint density at radius 3 is 3.00 bits per heavy atom. The van der Waals surface area contributed by atoms with Crippen molar-refractivity contribution in [2.75, 3.05) is 26.4 Å². The quantitative estimate of drug-likeness (QED) is 0.884. The van der Waals surface area contributed by atoms with Gasteiger partial charge in [-0.3, -0.25) is 4.79 Å². The average molecular weight is 313 g/mol. The summed E-state index contributed by atoms with van der Waals surface area (Å²) in [4.78, 5) is 12.0. The second kappa shape index (κ2) is 7.52. The van der Waals surface area contributed by atoms with E-state index in [1.807, 2.05) is 18.2 Å². The van der Waals surface area contributed by atoms with Crippen molar-refractivity contribution in [3.8, 4) is 11.5 Å². The summed E-state index contributed by atoms with van der Waals surface area (Å²) in [5, 5.41) is 6.37. The molecule has 116 valence electrons. The largest absolute Gasteiger partial charge is 0.454 e. The van der Waals surface area contributed by atoms with Gasteiger partial charge in [-0.25, -0.2) is 0 Å².